The Balaban J connectivity index is 1.50. The minimum absolute atomic E-state index is 0.00607. The molecule has 3 heterocycles. The summed E-state index contributed by atoms with van der Waals surface area (Å²) < 4.78 is 1.85. The summed E-state index contributed by atoms with van der Waals surface area (Å²) in [6.07, 6.45) is 9.69. The van der Waals surface area contributed by atoms with Gasteiger partial charge in [-0.2, -0.15) is 0 Å². The number of aromatic nitrogens is 1. The van der Waals surface area contributed by atoms with Crippen LogP contribution in [0.4, 0.5) is 0 Å². The maximum Gasteiger partial charge on any atom is 0.250 e. The minimum Gasteiger partial charge on any atom is -0.396 e. The van der Waals surface area contributed by atoms with Crippen molar-refractivity contribution in [2.24, 2.45) is 17.8 Å². The van der Waals surface area contributed by atoms with E-state index >= 15 is 0 Å². The lowest BCUT2D eigenvalue weighted by atomic mass is 9.85. The number of aliphatic hydroxyl groups excluding tert-OH is 1. The molecule has 3 fully saturated rings. The largest absolute Gasteiger partial charge is 0.396 e. The average molecular weight is 400 g/mol. The summed E-state index contributed by atoms with van der Waals surface area (Å²) in [6.45, 7) is 1.55. The SMILES string of the molecule is O=C(NC1CCC1)[C@H]1[C@H](CO)[C@H]2Cn3c(cccc3=O)[C@@H]1N2CC1CCCCC1. The summed E-state index contributed by atoms with van der Waals surface area (Å²) >= 11 is 0. The highest BCUT2D eigenvalue weighted by Gasteiger charge is 2.56. The molecule has 4 atom stereocenters. The quantitative estimate of drug-likeness (QED) is 0.795. The summed E-state index contributed by atoms with van der Waals surface area (Å²) in [7, 11) is 0. The van der Waals surface area contributed by atoms with Crippen molar-refractivity contribution in [3.05, 3.63) is 34.2 Å². The lowest BCUT2D eigenvalue weighted by Gasteiger charge is -2.40. The van der Waals surface area contributed by atoms with E-state index in [4.69, 9.17) is 0 Å². The number of pyridine rings is 1. The van der Waals surface area contributed by atoms with Crippen molar-refractivity contribution in [2.45, 2.75) is 76.0 Å². The van der Waals surface area contributed by atoms with Gasteiger partial charge in [-0.1, -0.05) is 25.3 Å². The first-order valence-corrected chi connectivity index (χ1v) is 11.5. The van der Waals surface area contributed by atoms with Crippen LogP contribution in [0.5, 0.6) is 0 Å². The Hall–Kier alpha value is -1.66. The molecule has 0 spiro atoms. The number of hydrogen-bond acceptors (Lipinski definition) is 4. The second-order valence-corrected chi connectivity index (χ2v) is 9.62. The van der Waals surface area contributed by atoms with E-state index in [1.807, 2.05) is 16.7 Å². The third kappa shape index (κ3) is 3.34. The molecule has 29 heavy (non-hydrogen) atoms. The van der Waals surface area contributed by atoms with E-state index in [-0.39, 0.29) is 48.0 Å². The average Bonchev–Trinajstić information content (AvgIpc) is 2.90. The van der Waals surface area contributed by atoms with Gasteiger partial charge in [-0.05, 0) is 44.1 Å². The van der Waals surface area contributed by atoms with Crippen molar-refractivity contribution >= 4 is 5.91 Å². The molecule has 0 aromatic carbocycles. The zero-order chi connectivity index (χ0) is 20.0. The Labute approximate surface area is 172 Å². The molecular weight excluding hydrogens is 366 g/mol. The normalized spacial score (nSPS) is 32.6. The van der Waals surface area contributed by atoms with Crippen molar-refractivity contribution in [1.29, 1.82) is 0 Å². The van der Waals surface area contributed by atoms with Crippen LogP contribution in [0, 0.1) is 17.8 Å². The monoisotopic (exact) mass is 399 g/mol. The number of aliphatic hydroxyl groups is 1. The second-order valence-electron chi connectivity index (χ2n) is 9.62. The van der Waals surface area contributed by atoms with Gasteiger partial charge in [0, 0.05) is 49.5 Å². The Morgan fingerprint density at radius 2 is 1.90 bits per heavy atom. The molecule has 0 radical (unpaired) electrons. The van der Waals surface area contributed by atoms with E-state index in [0.717, 1.165) is 25.1 Å². The summed E-state index contributed by atoms with van der Waals surface area (Å²) in [6, 6.07) is 5.67. The third-order valence-corrected chi connectivity index (χ3v) is 7.99. The van der Waals surface area contributed by atoms with Gasteiger partial charge in [0.1, 0.15) is 0 Å². The third-order valence-electron chi connectivity index (χ3n) is 7.99. The van der Waals surface area contributed by atoms with E-state index in [0.29, 0.717) is 12.5 Å². The molecule has 2 aliphatic heterocycles. The number of carbonyl (C=O) groups is 1. The number of fused-ring (bicyclic) bond motifs is 4. The first-order chi connectivity index (χ1) is 14.2. The number of nitrogens with zero attached hydrogens (tertiary/aromatic N) is 2. The van der Waals surface area contributed by atoms with Crippen LogP contribution in [0.1, 0.15) is 63.1 Å². The van der Waals surface area contributed by atoms with Crippen molar-refractivity contribution in [1.82, 2.24) is 14.8 Å². The number of carbonyl (C=O) groups excluding carboxylic acids is 1. The molecular formula is C23H33N3O3. The topological polar surface area (TPSA) is 74.6 Å². The standard InChI is InChI=1S/C23H33N3O3/c27-14-17-19-13-25-18(10-5-11-20(25)28)22(21(17)23(29)24-16-8-4-9-16)26(19)12-15-6-2-1-3-7-15/h5,10-11,15-17,19,21-22,27H,1-4,6-9,12-14H2,(H,24,29)/t17-,19-,21+,22+/m1/s1. The molecule has 1 aromatic rings. The summed E-state index contributed by atoms with van der Waals surface area (Å²) in [5.74, 6) is 0.316. The molecule has 158 valence electrons. The van der Waals surface area contributed by atoms with E-state index < -0.39 is 0 Å². The van der Waals surface area contributed by atoms with Crippen LogP contribution < -0.4 is 10.9 Å². The van der Waals surface area contributed by atoms with Gasteiger partial charge in [0.15, 0.2) is 0 Å². The van der Waals surface area contributed by atoms with Gasteiger partial charge >= 0.3 is 0 Å². The molecule has 1 saturated heterocycles. The van der Waals surface area contributed by atoms with Gasteiger partial charge in [-0.15, -0.1) is 0 Å². The maximum absolute atomic E-state index is 13.4. The lowest BCUT2D eigenvalue weighted by Crippen LogP contribution is -2.48. The van der Waals surface area contributed by atoms with Crippen LogP contribution in [0.3, 0.4) is 0 Å². The Bertz CT molecular complexity index is 812. The highest BCUT2D eigenvalue weighted by Crippen LogP contribution is 2.49. The Kier molecular flexibility index (Phi) is 5.25. The summed E-state index contributed by atoms with van der Waals surface area (Å²) in [5, 5.41) is 13.6. The van der Waals surface area contributed by atoms with Gasteiger partial charge in [0.05, 0.1) is 12.0 Å². The molecule has 2 saturated carbocycles. The predicted molar refractivity (Wildman–Crippen MR) is 110 cm³/mol. The molecule has 5 rings (SSSR count). The zero-order valence-corrected chi connectivity index (χ0v) is 17.1. The molecule has 6 heteroatoms. The van der Waals surface area contributed by atoms with Crippen LogP contribution in [-0.4, -0.2) is 45.7 Å². The van der Waals surface area contributed by atoms with Gasteiger partial charge in [0.25, 0.3) is 5.56 Å². The van der Waals surface area contributed by atoms with E-state index in [1.54, 1.807) is 6.07 Å². The molecule has 1 aromatic heterocycles. The van der Waals surface area contributed by atoms with Crippen LogP contribution in [0.25, 0.3) is 0 Å². The lowest BCUT2D eigenvalue weighted by molar-refractivity contribution is -0.128. The first-order valence-electron chi connectivity index (χ1n) is 11.5. The van der Waals surface area contributed by atoms with Crippen molar-refractivity contribution in [3.8, 4) is 0 Å². The molecule has 2 N–H and O–H groups in total. The summed E-state index contributed by atoms with van der Waals surface area (Å²) in [5.41, 5.74) is 0.959. The second kappa shape index (κ2) is 7.88. The van der Waals surface area contributed by atoms with Gasteiger partial charge < -0.3 is 15.0 Å². The fraction of sp³-hybridized carbons (Fsp3) is 0.739. The Morgan fingerprint density at radius 1 is 1.10 bits per heavy atom. The fourth-order valence-corrected chi connectivity index (χ4v) is 6.24. The van der Waals surface area contributed by atoms with Crippen molar-refractivity contribution in [2.75, 3.05) is 13.2 Å². The maximum atomic E-state index is 13.4. The molecule has 4 aliphatic rings. The van der Waals surface area contributed by atoms with Crippen molar-refractivity contribution < 1.29 is 9.90 Å². The van der Waals surface area contributed by atoms with E-state index in [9.17, 15) is 14.7 Å². The van der Waals surface area contributed by atoms with E-state index in [2.05, 4.69) is 10.2 Å². The predicted octanol–water partition coefficient (Wildman–Crippen LogP) is 2.06. The van der Waals surface area contributed by atoms with Crippen LogP contribution in [-0.2, 0) is 11.3 Å². The number of nitrogens with one attached hydrogen (secondary N) is 1. The first kappa shape index (κ1) is 19.3. The number of rotatable bonds is 5. The Morgan fingerprint density at radius 3 is 2.59 bits per heavy atom. The van der Waals surface area contributed by atoms with Crippen LogP contribution in [0.15, 0.2) is 23.0 Å². The molecule has 1 amide bonds. The van der Waals surface area contributed by atoms with E-state index in [1.165, 1.54) is 38.5 Å². The highest BCUT2D eigenvalue weighted by molar-refractivity contribution is 5.81. The zero-order valence-electron chi connectivity index (χ0n) is 17.1. The smallest absolute Gasteiger partial charge is 0.250 e. The van der Waals surface area contributed by atoms with Gasteiger partial charge in [-0.25, -0.2) is 0 Å². The van der Waals surface area contributed by atoms with Gasteiger partial charge in [-0.3, -0.25) is 14.5 Å². The fourth-order valence-electron chi connectivity index (χ4n) is 6.24. The van der Waals surface area contributed by atoms with Gasteiger partial charge in [0.2, 0.25) is 5.91 Å². The molecule has 6 nitrogen and oxygen atoms in total. The number of amides is 1. The van der Waals surface area contributed by atoms with Crippen molar-refractivity contribution in [3.63, 3.8) is 0 Å². The summed E-state index contributed by atoms with van der Waals surface area (Å²) in [4.78, 5) is 28.4. The number of hydrogen-bond donors (Lipinski definition) is 2. The highest BCUT2D eigenvalue weighted by atomic mass is 16.3. The molecule has 2 bridgehead atoms. The minimum atomic E-state index is -0.287. The molecule has 2 aliphatic carbocycles. The molecule has 0 unspecified atom stereocenters. The van der Waals surface area contributed by atoms with Crippen LogP contribution in [0.2, 0.25) is 0 Å². The van der Waals surface area contributed by atoms with Crippen LogP contribution >= 0.6 is 0 Å².